The van der Waals surface area contributed by atoms with Gasteiger partial charge in [-0.25, -0.2) is 0 Å². The Kier molecular flexibility index (Phi) is 5.81. The highest BCUT2D eigenvalue weighted by molar-refractivity contribution is 9.11. The van der Waals surface area contributed by atoms with Crippen molar-refractivity contribution in [2.45, 2.75) is 31.8 Å². The van der Waals surface area contributed by atoms with Gasteiger partial charge in [-0.2, -0.15) is 0 Å². The molecule has 1 aliphatic heterocycles. The van der Waals surface area contributed by atoms with E-state index in [1.165, 1.54) is 25.9 Å². The van der Waals surface area contributed by atoms with E-state index < -0.39 is 5.60 Å². The number of nitrogens with zero attached hydrogens (tertiary/aromatic N) is 1. The molecule has 0 spiro atoms. The molecule has 0 aliphatic carbocycles. The highest BCUT2D eigenvalue weighted by Gasteiger charge is 2.24. The minimum atomic E-state index is -0.780. The fourth-order valence-electron chi connectivity index (χ4n) is 3.26. The second kappa shape index (κ2) is 7.69. The van der Waals surface area contributed by atoms with Gasteiger partial charge < -0.3 is 10.0 Å². The van der Waals surface area contributed by atoms with Crippen LogP contribution in [-0.2, 0) is 5.60 Å². The summed E-state index contributed by atoms with van der Waals surface area (Å²) in [4.78, 5) is 2.45. The van der Waals surface area contributed by atoms with Crippen LogP contribution >= 0.6 is 31.9 Å². The number of aliphatic hydroxyl groups is 1. The Morgan fingerprint density at radius 2 is 1.71 bits per heavy atom. The number of likely N-dealkylation sites (tertiary alicyclic amines) is 1. The minimum absolute atomic E-state index is 0.772. The Balaban J connectivity index is 1.72. The molecule has 2 aromatic carbocycles. The quantitative estimate of drug-likeness (QED) is 0.640. The summed E-state index contributed by atoms with van der Waals surface area (Å²) in [5.41, 5.74) is 2.51. The summed E-state index contributed by atoms with van der Waals surface area (Å²) in [5, 5.41) is 10.9. The van der Waals surface area contributed by atoms with Gasteiger partial charge in [0.25, 0.3) is 0 Å². The van der Waals surface area contributed by atoms with Gasteiger partial charge in [0, 0.05) is 15.5 Å². The molecule has 1 fully saturated rings. The SMILES string of the molecule is CC(O)(CCN1CCCC1)c1ccc(-c2ccc(Br)cc2Br)cc1. The molecule has 0 aromatic heterocycles. The first-order chi connectivity index (χ1) is 11.5. The smallest absolute Gasteiger partial charge is 0.0880 e. The van der Waals surface area contributed by atoms with Gasteiger partial charge in [-0.15, -0.1) is 0 Å². The van der Waals surface area contributed by atoms with Gasteiger partial charge in [-0.1, -0.05) is 62.2 Å². The predicted octanol–water partition coefficient (Wildman–Crippen LogP) is 5.57. The van der Waals surface area contributed by atoms with Crippen LogP contribution in [0.25, 0.3) is 11.1 Å². The Morgan fingerprint density at radius 3 is 2.33 bits per heavy atom. The van der Waals surface area contributed by atoms with E-state index in [1.54, 1.807) is 0 Å². The van der Waals surface area contributed by atoms with Gasteiger partial charge in [0.05, 0.1) is 5.60 Å². The van der Waals surface area contributed by atoms with Crippen molar-refractivity contribution in [2.24, 2.45) is 0 Å². The van der Waals surface area contributed by atoms with Crippen LogP contribution in [0.1, 0.15) is 31.7 Å². The second-order valence-electron chi connectivity index (χ2n) is 6.77. The van der Waals surface area contributed by atoms with E-state index in [0.29, 0.717) is 0 Å². The molecule has 1 unspecified atom stereocenters. The third-order valence-electron chi connectivity index (χ3n) is 4.86. The lowest BCUT2D eigenvalue weighted by atomic mass is 9.91. The van der Waals surface area contributed by atoms with E-state index in [4.69, 9.17) is 0 Å². The molecule has 2 nitrogen and oxygen atoms in total. The number of hydrogen-bond acceptors (Lipinski definition) is 2. The first kappa shape index (κ1) is 18.1. The standard InChI is InChI=1S/C20H23Br2NO/c1-20(24,10-13-23-11-2-3-12-23)16-6-4-15(5-7-16)18-9-8-17(21)14-19(18)22/h4-9,14,24H,2-3,10-13H2,1H3. The molecule has 2 aromatic rings. The minimum Gasteiger partial charge on any atom is -0.385 e. The van der Waals surface area contributed by atoms with Gasteiger partial charge in [-0.3, -0.25) is 0 Å². The number of hydrogen-bond donors (Lipinski definition) is 1. The van der Waals surface area contributed by atoms with Crippen molar-refractivity contribution in [3.05, 3.63) is 57.0 Å². The Labute approximate surface area is 161 Å². The molecule has 3 rings (SSSR count). The number of benzene rings is 2. The maximum Gasteiger partial charge on any atom is 0.0880 e. The Hall–Kier alpha value is -0.680. The van der Waals surface area contributed by atoms with Gasteiger partial charge in [0.1, 0.15) is 0 Å². The van der Waals surface area contributed by atoms with Crippen molar-refractivity contribution >= 4 is 31.9 Å². The van der Waals surface area contributed by atoms with Crippen LogP contribution in [0.15, 0.2) is 51.4 Å². The van der Waals surface area contributed by atoms with Crippen molar-refractivity contribution in [3.63, 3.8) is 0 Å². The van der Waals surface area contributed by atoms with Crippen LogP contribution in [0.3, 0.4) is 0 Å². The molecule has 4 heteroatoms. The van der Waals surface area contributed by atoms with Crippen LogP contribution in [0.5, 0.6) is 0 Å². The van der Waals surface area contributed by atoms with Crippen LogP contribution < -0.4 is 0 Å². The fraction of sp³-hybridized carbons (Fsp3) is 0.400. The summed E-state index contributed by atoms with van der Waals surface area (Å²) in [7, 11) is 0. The monoisotopic (exact) mass is 451 g/mol. The molecular formula is C20H23Br2NO. The molecule has 1 saturated heterocycles. The molecule has 1 heterocycles. The molecule has 0 radical (unpaired) electrons. The van der Waals surface area contributed by atoms with Crippen LogP contribution in [-0.4, -0.2) is 29.6 Å². The zero-order valence-corrected chi connectivity index (χ0v) is 17.1. The van der Waals surface area contributed by atoms with E-state index >= 15 is 0 Å². The summed E-state index contributed by atoms with van der Waals surface area (Å²) < 4.78 is 2.12. The Bertz CT molecular complexity index is 691. The summed E-state index contributed by atoms with van der Waals surface area (Å²) in [6.07, 6.45) is 3.35. The largest absolute Gasteiger partial charge is 0.385 e. The normalized spacial score (nSPS) is 17.8. The van der Waals surface area contributed by atoms with Crippen molar-refractivity contribution in [3.8, 4) is 11.1 Å². The first-order valence-corrected chi connectivity index (χ1v) is 10.0. The maximum absolute atomic E-state index is 10.9. The van der Waals surface area contributed by atoms with Crippen molar-refractivity contribution < 1.29 is 5.11 Å². The van der Waals surface area contributed by atoms with E-state index in [1.807, 2.05) is 25.1 Å². The van der Waals surface area contributed by atoms with E-state index in [-0.39, 0.29) is 0 Å². The summed E-state index contributed by atoms with van der Waals surface area (Å²) in [6, 6.07) is 14.5. The zero-order chi connectivity index (χ0) is 17.2. The lowest BCUT2D eigenvalue weighted by molar-refractivity contribution is 0.0383. The number of halogens is 2. The molecule has 0 bridgehead atoms. The maximum atomic E-state index is 10.9. The summed E-state index contributed by atoms with van der Waals surface area (Å²) >= 11 is 7.10. The molecule has 0 amide bonds. The van der Waals surface area contributed by atoms with E-state index in [9.17, 15) is 5.11 Å². The third-order valence-corrected chi connectivity index (χ3v) is 6.01. The molecule has 128 valence electrons. The average Bonchev–Trinajstić information content (AvgIpc) is 3.07. The summed E-state index contributed by atoms with van der Waals surface area (Å²) in [5.74, 6) is 0. The molecule has 0 saturated carbocycles. The Morgan fingerprint density at radius 1 is 1.04 bits per heavy atom. The average molecular weight is 453 g/mol. The highest BCUT2D eigenvalue weighted by atomic mass is 79.9. The van der Waals surface area contributed by atoms with Crippen molar-refractivity contribution in [1.29, 1.82) is 0 Å². The molecule has 24 heavy (non-hydrogen) atoms. The predicted molar refractivity (Wildman–Crippen MR) is 107 cm³/mol. The molecular weight excluding hydrogens is 430 g/mol. The van der Waals surface area contributed by atoms with E-state index in [0.717, 1.165) is 38.6 Å². The van der Waals surface area contributed by atoms with E-state index in [2.05, 4.69) is 61.0 Å². The summed E-state index contributed by atoms with van der Waals surface area (Å²) in [6.45, 7) is 5.24. The van der Waals surface area contributed by atoms with Gasteiger partial charge >= 0.3 is 0 Å². The second-order valence-corrected chi connectivity index (χ2v) is 8.54. The molecule has 1 N–H and O–H groups in total. The highest BCUT2D eigenvalue weighted by Crippen LogP contribution is 2.33. The van der Waals surface area contributed by atoms with Crippen molar-refractivity contribution in [1.82, 2.24) is 4.90 Å². The zero-order valence-electron chi connectivity index (χ0n) is 13.9. The fourth-order valence-corrected chi connectivity index (χ4v) is 4.53. The lowest BCUT2D eigenvalue weighted by Gasteiger charge is -2.27. The van der Waals surface area contributed by atoms with Crippen LogP contribution in [0.4, 0.5) is 0 Å². The topological polar surface area (TPSA) is 23.5 Å². The third kappa shape index (κ3) is 4.29. The van der Waals surface area contributed by atoms with Crippen molar-refractivity contribution in [2.75, 3.05) is 19.6 Å². The van der Waals surface area contributed by atoms with Crippen LogP contribution in [0, 0.1) is 0 Å². The lowest BCUT2D eigenvalue weighted by Crippen LogP contribution is -2.29. The van der Waals surface area contributed by atoms with Gasteiger partial charge in [-0.05, 0) is 68.1 Å². The molecule has 1 aliphatic rings. The van der Waals surface area contributed by atoms with Gasteiger partial charge in [0.2, 0.25) is 0 Å². The molecule has 1 atom stereocenters. The number of rotatable bonds is 5. The van der Waals surface area contributed by atoms with Gasteiger partial charge in [0.15, 0.2) is 0 Å². The van der Waals surface area contributed by atoms with Crippen LogP contribution in [0.2, 0.25) is 0 Å². The first-order valence-electron chi connectivity index (χ1n) is 8.46.